The van der Waals surface area contributed by atoms with Gasteiger partial charge >= 0.3 is 0 Å². The Morgan fingerprint density at radius 1 is 1.69 bits per heavy atom. The van der Waals surface area contributed by atoms with Crippen molar-refractivity contribution in [2.75, 3.05) is 0 Å². The van der Waals surface area contributed by atoms with E-state index < -0.39 is 0 Å². The van der Waals surface area contributed by atoms with Crippen molar-refractivity contribution in [1.29, 1.82) is 5.26 Å². The zero-order valence-electron chi connectivity index (χ0n) is 7.62. The second-order valence-electron chi connectivity index (χ2n) is 3.04. The van der Waals surface area contributed by atoms with Crippen molar-refractivity contribution < 1.29 is 5.11 Å². The third-order valence-electron chi connectivity index (χ3n) is 2.07. The van der Waals surface area contributed by atoms with Crippen molar-refractivity contribution in [3.05, 3.63) is 11.3 Å². The number of unbranched alkanes of at least 4 members (excludes halogenated alkanes) is 1. The van der Waals surface area contributed by atoms with Crippen LogP contribution in [-0.2, 0) is 0 Å². The lowest BCUT2D eigenvalue weighted by atomic mass is 10.1. The average molecular weight is 179 g/mol. The van der Waals surface area contributed by atoms with E-state index in [4.69, 9.17) is 11.0 Å². The van der Waals surface area contributed by atoms with E-state index in [1.54, 1.807) is 0 Å². The van der Waals surface area contributed by atoms with Crippen LogP contribution in [0, 0.1) is 11.3 Å². The predicted octanol–water partition coefficient (Wildman–Crippen LogP) is 1.25. The summed E-state index contributed by atoms with van der Waals surface area (Å²) in [7, 11) is 0. The van der Waals surface area contributed by atoms with Gasteiger partial charge in [-0.1, -0.05) is 19.8 Å². The van der Waals surface area contributed by atoms with Gasteiger partial charge in [-0.15, -0.1) is 0 Å². The highest BCUT2D eigenvalue weighted by Crippen LogP contribution is 2.21. The Bertz CT molecular complexity index is 298. The predicted molar refractivity (Wildman–Crippen MR) is 50.2 cm³/mol. The number of hydrogen-bond donors (Lipinski definition) is 2. The van der Waals surface area contributed by atoms with Crippen LogP contribution in [0.4, 0.5) is 0 Å². The molecular weight excluding hydrogens is 166 g/mol. The average Bonchev–Trinajstić information content (AvgIpc) is 2.38. The van der Waals surface area contributed by atoms with Gasteiger partial charge in [0.1, 0.15) is 29.3 Å². The number of aliphatic hydroxyl groups excluding tert-OH is 1. The number of nitrogens with two attached hydrogens (primary N) is 1. The minimum Gasteiger partial charge on any atom is -0.508 e. The van der Waals surface area contributed by atoms with Gasteiger partial charge in [0.25, 0.3) is 0 Å². The van der Waals surface area contributed by atoms with E-state index in [1.165, 1.54) is 0 Å². The summed E-state index contributed by atoms with van der Waals surface area (Å²) in [5, 5.41) is 18.1. The van der Waals surface area contributed by atoms with Gasteiger partial charge in [-0.2, -0.15) is 5.26 Å². The number of aliphatic hydroxyl groups is 1. The Labute approximate surface area is 77.4 Å². The molecule has 0 aromatic carbocycles. The fourth-order valence-corrected chi connectivity index (χ4v) is 1.30. The first-order chi connectivity index (χ1) is 6.20. The molecule has 1 atom stereocenters. The van der Waals surface area contributed by atoms with Gasteiger partial charge in [-0.05, 0) is 6.42 Å². The summed E-state index contributed by atoms with van der Waals surface area (Å²) in [6, 6.07) is 1.56. The van der Waals surface area contributed by atoms with Crippen LogP contribution >= 0.6 is 0 Å². The molecule has 0 saturated carbocycles. The maximum absolute atomic E-state index is 9.51. The zero-order valence-corrected chi connectivity index (χ0v) is 7.62. The molecule has 3 N–H and O–H groups in total. The Morgan fingerprint density at radius 2 is 2.38 bits per heavy atom. The van der Waals surface area contributed by atoms with Crippen molar-refractivity contribution in [1.82, 2.24) is 0 Å². The van der Waals surface area contributed by atoms with Crippen LogP contribution in [0.2, 0.25) is 0 Å². The monoisotopic (exact) mass is 179 g/mol. The van der Waals surface area contributed by atoms with E-state index in [2.05, 4.69) is 11.9 Å². The molecule has 70 valence electrons. The van der Waals surface area contributed by atoms with E-state index in [1.807, 2.05) is 6.07 Å². The van der Waals surface area contributed by atoms with Gasteiger partial charge in [-0.25, -0.2) is 0 Å². The molecule has 0 radical (unpaired) electrons. The van der Waals surface area contributed by atoms with Crippen LogP contribution in [0.15, 0.2) is 16.3 Å². The largest absolute Gasteiger partial charge is 0.508 e. The molecule has 13 heavy (non-hydrogen) atoms. The molecule has 1 heterocycles. The highest BCUT2D eigenvalue weighted by Gasteiger charge is 2.25. The van der Waals surface area contributed by atoms with Crippen LogP contribution < -0.4 is 5.73 Å². The number of aliphatic imine (C=N–C) groups is 1. The van der Waals surface area contributed by atoms with Crippen LogP contribution in [0.1, 0.15) is 26.2 Å². The molecule has 0 unspecified atom stereocenters. The third-order valence-corrected chi connectivity index (χ3v) is 2.07. The molecule has 0 fully saturated rings. The first-order valence-electron chi connectivity index (χ1n) is 4.37. The first kappa shape index (κ1) is 9.59. The Hall–Kier alpha value is -1.50. The maximum Gasteiger partial charge on any atom is 0.140 e. The number of amidine groups is 1. The number of rotatable bonds is 3. The Morgan fingerprint density at radius 3 is 2.85 bits per heavy atom. The van der Waals surface area contributed by atoms with Crippen molar-refractivity contribution in [2.45, 2.75) is 32.2 Å². The molecule has 0 amide bonds. The van der Waals surface area contributed by atoms with Gasteiger partial charge in [0, 0.05) is 0 Å². The van der Waals surface area contributed by atoms with Crippen molar-refractivity contribution >= 4 is 5.84 Å². The Kier molecular flexibility index (Phi) is 2.91. The van der Waals surface area contributed by atoms with E-state index >= 15 is 0 Å². The molecule has 0 spiro atoms. The van der Waals surface area contributed by atoms with Crippen molar-refractivity contribution in [3.63, 3.8) is 0 Å². The molecule has 0 aliphatic carbocycles. The van der Waals surface area contributed by atoms with Crippen LogP contribution in [0.25, 0.3) is 0 Å². The van der Waals surface area contributed by atoms with Gasteiger partial charge < -0.3 is 10.8 Å². The molecule has 4 heteroatoms. The highest BCUT2D eigenvalue weighted by molar-refractivity contribution is 6.03. The summed E-state index contributed by atoms with van der Waals surface area (Å²) in [6.07, 6.45) is 2.78. The first-order valence-corrected chi connectivity index (χ1v) is 4.37. The summed E-state index contributed by atoms with van der Waals surface area (Å²) in [5.74, 6) is 0.203. The number of nitriles is 1. The molecule has 1 aliphatic heterocycles. The van der Waals surface area contributed by atoms with Gasteiger partial charge in [0.15, 0.2) is 0 Å². The molecular formula is C9H13N3O. The standard InChI is InChI=1S/C9H13N3O/c1-2-3-4-7-8(13)6(5-10)9(11)12-7/h7,13H,2-4H2,1H3,(H2,11,12)/t7-/m1/s1. The minimum absolute atomic E-state index is 0.0356. The summed E-state index contributed by atoms with van der Waals surface area (Å²) >= 11 is 0. The summed E-state index contributed by atoms with van der Waals surface area (Å²) < 4.78 is 0. The van der Waals surface area contributed by atoms with Crippen molar-refractivity contribution in [3.8, 4) is 6.07 Å². The minimum atomic E-state index is -0.283. The number of hydrogen-bond acceptors (Lipinski definition) is 4. The smallest absolute Gasteiger partial charge is 0.140 e. The van der Waals surface area contributed by atoms with Crippen LogP contribution in [0.3, 0.4) is 0 Å². The van der Waals surface area contributed by atoms with E-state index in [9.17, 15) is 5.11 Å². The molecule has 0 aromatic rings. The quantitative estimate of drug-likeness (QED) is 0.684. The summed E-state index contributed by atoms with van der Waals surface area (Å²) in [5.41, 5.74) is 5.59. The van der Waals surface area contributed by atoms with Crippen LogP contribution in [0.5, 0.6) is 0 Å². The van der Waals surface area contributed by atoms with E-state index in [0.717, 1.165) is 19.3 Å². The molecule has 1 aliphatic rings. The number of nitrogens with zero attached hydrogens (tertiary/aromatic N) is 2. The van der Waals surface area contributed by atoms with E-state index in [-0.39, 0.29) is 23.2 Å². The highest BCUT2D eigenvalue weighted by atomic mass is 16.3. The SMILES string of the molecule is CCCC[C@H]1N=C(N)C(C#N)=C1O. The molecule has 1 rings (SSSR count). The molecule has 0 bridgehead atoms. The Balaban J connectivity index is 2.73. The lowest BCUT2D eigenvalue weighted by molar-refractivity contribution is 0.361. The molecule has 4 nitrogen and oxygen atoms in total. The maximum atomic E-state index is 9.51. The fraction of sp³-hybridized carbons (Fsp3) is 0.556. The molecule has 0 aromatic heterocycles. The zero-order chi connectivity index (χ0) is 9.84. The fourth-order valence-electron chi connectivity index (χ4n) is 1.30. The lowest BCUT2D eigenvalue weighted by Gasteiger charge is -2.05. The second-order valence-corrected chi connectivity index (χ2v) is 3.04. The second kappa shape index (κ2) is 3.94. The van der Waals surface area contributed by atoms with Gasteiger partial charge in [0.05, 0.1) is 0 Å². The summed E-state index contributed by atoms with van der Waals surface area (Å²) in [6.45, 7) is 2.06. The third kappa shape index (κ3) is 1.81. The normalized spacial score (nSPS) is 21.5. The summed E-state index contributed by atoms with van der Waals surface area (Å²) in [4.78, 5) is 4.01. The van der Waals surface area contributed by atoms with Crippen molar-refractivity contribution in [2.24, 2.45) is 10.7 Å². The van der Waals surface area contributed by atoms with E-state index in [0.29, 0.717) is 0 Å². The van der Waals surface area contributed by atoms with Crippen LogP contribution in [-0.4, -0.2) is 17.0 Å². The molecule has 0 saturated heterocycles. The lowest BCUT2D eigenvalue weighted by Crippen LogP contribution is -2.11. The topological polar surface area (TPSA) is 82.4 Å². The van der Waals surface area contributed by atoms with Gasteiger partial charge in [0.2, 0.25) is 0 Å². The van der Waals surface area contributed by atoms with Gasteiger partial charge in [-0.3, -0.25) is 4.99 Å².